The third-order valence-corrected chi connectivity index (χ3v) is 7.97. The molecular weight excluding hydrogens is 524 g/mol. The highest BCUT2D eigenvalue weighted by atomic mass is 16.6. The molecule has 42 heavy (non-hydrogen) atoms. The lowest BCUT2D eigenvalue weighted by Crippen LogP contribution is -2.38. The van der Waals surface area contributed by atoms with Crippen molar-refractivity contribution in [3.63, 3.8) is 0 Å². The zero-order valence-electron chi connectivity index (χ0n) is 23.1. The highest BCUT2D eigenvalue weighted by Gasteiger charge is 2.29. The number of hydrogen-bond acceptors (Lipinski definition) is 6. The maximum atomic E-state index is 12.7. The molecule has 208 valence electrons. The summed E-state index contributed by atoms with van der Waals surface area (Å²) in [6.07, 6.45) is 4.91. The molecule has 7 rings (SSSR count). The number of nitrogens with two attached hydrogens (primary N) is 1. The Labute approximate surface area is 243 Å². The van der Waals surface area contributed by atoms with Crippen LogP contribution in [0.1, 0.15) is 30.1 Å². The van der Waals surface area contributed by atoms with Crippen LogP contribution >= 0.6 is 0 Å². The fourth-order valence-corrected chi connectivity index (χ4v) is 5.74. The molecule has 0 unspecified atom stereocenters. The number of ether oxygens (including phenoxy) is 1. The molecule has 1 aliphatic heterocycles. The van der Waals surface area contributed by atoms with Crippen LogP contribution in [0.4, 0.5) is 10.6 Å². The number of benzene rings is 3. The highest BCUT2D eigenvalue weighted by Crippen LogP contribution is 2.35. The fraction of sp³-hybridized carbons (Fsp3) is 0.176. The molecule has 8 nitrogen and oxygen atoms in total. The molecule has 4 heterocycles. The van der Waals surface area contributed by atoms with Crippen LogP contribution < -0.4 is 5.73 Å². The van der Waals surface area contributed by atoms with Crippen molar-refractivity contribution in [1.29, 1.82) is 0 Å². The molecule has 0 radical (unpaired) electrons. The van der Waals surface area contributed by atoms with Crippen molar-refractivity contribution in [2.45, 2.75) is 25.4 Å². The lowest BCUT2D eigenvalue weighted by molar-refractivity contribution is 0.0866. The number of fused-ring (bicyclic) bond motifs is 2. The van der Waals surface area contributed by atoms with Gasteiger partial charge in [-0.1, -0.05) is 78.9 Å². The van der Waals surface area contributed by atoms with Gasteiger partial charge in [-0.25, -0.2) is 19.7 Å². The average molecular weight is 555 g/mol. The van der Waals surface area contributed by atoms with E-state index in [9.17, 15) is 4.79 Å². The first-order valence-electron chi connectivity index (χ1n) is 14.2. The van der Waals surface area contributed by atoms with E-state index in [1.54, 1.807) is 11.1 Å². The summed E-state index contributed by atoms with van der Waals surface area (Å²) >= 11 is 0. The number of anilines is 1. The molecule has 3 aromatic heterocycles. The van der Waals surface area contributed by atoms with Gasteiger partial charge in [0.15, 0.2) is 0 Å². The second-order valence-corrected chi connectivity index (χ2v) is 10.6. The van der Waals surface area contributed by atoms with E-state index < -0.39 is 0 Å². The van der Waals surface area contributed by atoms with Crippen molar-refractivity contribution in [2.24, 2.45) is 0 Å². The molecular formula is C34H30N6O2. The summed E-state index contributed by atoms with van der Waals surface area (Å²) in [5.74, 6) is 1.52. The van der Waals surface area contributed by atoms with Gasteiger partial charge in [-0.3, -0.25) is 4.40 Å². The minimum absolute atomic E-state index is 0.162. The molecule has 3 aromatic carbocycles. The van der Waals surface area contributed by atoms with E-state index in [4.69, 9.17) is 20.4 Å². The van der Waals surface area contributed by atoms with Gasteiger partial charge in [0.25, 0.3) is 0 Å². The summed E-state index contributed by atoms with van der Waals surface area (Å²) in [6.45, 7) is 1.48. The van der Waals surface area contributed by atoms with Crippen molar-refractivity contribution < 1.29 is 9.53 Å². The maximum absolute atomic E-state index is 12.7. The number of rotatable bonds is 5. The number of amides is 1. The molecule has 1 saturated heterocycles. The van der Waals surface area contributed by atoms with Crippen LogP contribution in [-0.4, -0.2) is 43.4 Å². The Hall–Kier alpha value is -5.24. The van der Waals surface area contributed by atoms with Crippen molar-refractivity contribution >= 4 is 28.3 Å². The second kappa shape index (κ2) is 11.0. The molecule has 0 spiro atoms. The van der Waals surface area contributed by atoms with Crippen molar-refractivity contribution in [1.82, 2.24) is 24.3 Å². The molecule has 2 N–H and O–H groups in total. The van der Waals surface area contributed by atoms with Crippen LogP contribution in [0.3, 0.4) is 0 Å². The lowest BCUT2D eigenvalue weighted by atomic mass is 9.96. The SMILES string of the molecule is Nc1nccn2c(C3CCN(C(=O)OCc4ccccc4)CC3)nc(-c3ccc4ccc(-c5ccccc5)nc4c3)c12. The van der Waals surface area contributed by atoms with E-state index >= 15 is 0 Å². The Bertz CT molecular complexity index is 1880. The van der Waals surface area contributed by atoms with E-state index in [1.165, 1.54) is 0 Å². The topological polar surface area (TPSA) is 98.6 Å². The minimum atomic E-state index is -0.280. The van der Waals surface area contributed by atoms with Crippen LogP contribution in [-0.2, 0) is 11.3 Å². The second-order valence-electron chi connectivity index (χ2n) is 10.6. The lowest BCUT2D eigenvalue weighted by Gasteiger charge is -2.30. The summed E-state index contributed by atoms with van der Waals surface area (Å²) in [4.78, 5) is 29.0. The largest absolute Gasteiger partial charge is 0.445 e. The normalized spacial score (nSPS) is 14.0. The molecule has 0 saturated carbocycles. The van der Waals surface area contributed by atoms with Gasteiger partial charge in [0.2, 0.25) is 0 Å². The Kier molecular flexibility index (Phi) is 6.71. The van der Waals surface area contributed by atoms with Gasteiger partial charge in [-0.05, 0) is 30.5 Å². The van der Waals surface area contributed by atoms with Crippen LogP contribution in [0.25, 0.3) is 38.9 Å². The van der Waals surface area contributed by atoms with Gasteiger partial charge >= 0.3 is 6.09 Å². The first-order valence-corrected chi connectivity index (χ1v) is 14.2. The van der Waals surface area contributed by atoms with Gasteiger partial charge in [0, 0.05) is 47.9 Å². The van der Waals surface area contributed by atoms with Crippen LogP contribution in [0, 0.1) is 0 Å². The summed E-state index contributed by atoms with van der Waals surface area (Å²) in [6, 6.07) is 30.3. The van der Waals surface area contributed by atoms with Crippen LogP contribution in [0.5, 0.6) is 0 Å². The number of nitrogens with zero attached hydrogens (tertiary/aromatic N) is 5. The number of imidazole rings is 1. The molecule has 0 bridgehead atoms. The minimum Gasteiger partial charge on any atom is -0.445 e. The fourth-order valence-electron chi connectivity index (χ4n) is 5.74. The van der Waals surface area contributed by atoms with Gasteiger partial charge in [-0.15, -0.1) is 0 Å². The zero-order chi connectivity index (χ0) is 28.5. The maximum Gasteiger partial charge on any atom is 0.410 e. The monoisotopic (exact) mass is 554 g/mol. The smallest absolute Gasteiger partial charge is 0.410 e. The predicted octanol–water partition coefficient (Wildman–Crippen LogP) is 6.71. The number of nitrogen functional groups attached to an aromatic ring is 1. The Morgan fingerprint density at radius 1 is 0.881 bits per heavy atom. The van der Waals surface area contributed by atoms with Crippen molar-refractivity contribution in [3.8, 4) is 22.5 Å². The summed E-state index contributed by atoms with van der Waals surface area (Å²) in [5, 5.41) is 1.06. The average Bonchev–Trinajstić information content (AvgIpc) is 3.45. The van der Waals surface area contributed by atoms with Crippen molar-refractivity contribution in [2.75, 3.05) is 18.8 Å². The summed E-state index contributed by atoms with van der Waals surface area (Å²) < 4.78 is 7.62. The molecule has 1 aliphatic rings. The number of hydrogen-bond donors (Lipinski definition) is 1. The Morgan fingerprint density at radius 2 is 1.62 bits per heavy atom. The quantitative estimate of drug-likeness (QED) is 0.254. The number of carbonyl (C=O) groups is 1. The third kappa shape index (κ3) is 4.92. The van der Waals surface area contributed by atoms with E-state index in [0.29, 0.717) is 18.9 Å². The Balaban J connectivity index is 1.16. The van der Waals surface area contributed by atoms with Crippen molar-refractivity contribution in [3.05, 3.63) is 115 Å². The summed E-state index contributed by atoms with van der Waals surface area (Å²) in [7, 11) is 0. The predicted molar refractivity (Wildman–Crippen MR) is 164 cm³/mol. The standard InChI is InChI=1S/C34H30N6O2/c35-32-31-30(27-12-11-25-13-14-28(37-29(25)21-27)24-9-5-2-6-10-24)38-33(40(31)20-17-36-32)26-15-18-39(19-16-26)34(41)42-22-23-7-3-1-4-8-23/h1-14,17,20-21,26H,15-16,18-19,22H2,(H2,35,36). The number of carbonyl (C=O) groups excluding carboxylic acids is 1. The van der Waals surface area contributed by atoms with Gasteiger partial charge < -0.3 is 15.4 Å². The first-order chi connectivity index (χ1) is 20.6. The molecule has 0 atom stereocenters. The summed E-state index contributed by atoms with van der Waals surface area (Å²) in [5.41, 5.74) is 12.8. The van der Waals surface area contributed by atoms with Gasteiger partial charge in [0.1, 0.15) is 29.5 Å². The third-order valence-electron chi connectivity index (χ3n) is 7.97. The number of aromatic nitrogens is 4. The van der Waals surface area contributed by atoms with E-state index in [1.807, 2.05) is 60.8 Å². The zero-order valence-corrected chi connectivity index (χ0v) is 23.1. The first kappa shape index (κ1) is 25.7. The van der Waals surface area contributed by atoms with Crippen LogP contribution in [0.15, 0.2) is 103 Å². The molecule has 6 aromatic rings. The van der Waals surface area contributed by atoms with Gasteiger partial charge in [0.05, 0.1) is 11.2 Å². The van der Waals surface area contributed by atoms with E-state index in [-0.39, 0.29) is 18.6 Å². The number of likely N-dealkylation sites (tertiary alicyclic amines) is 1. The highest BCUT2D eigenvalue weighted by molar-refractivity contribution is 5.91. The number of piperidine rings is 1. The molecule has 1 amide bonds. The molecule has 8 heteroatoms. The molecule has 1 fully saturated rings. The molecule has 0 aliphatic carbocycles. The van der Waals surface area contributed by atoms with E-state index in [0.717, 1.165) is 63.2 Å². The Morgan fingerprint density at radius 3 is 2.40 bits per heavy atom. The van der Waals surface area contributed by atoms with E-state index in [2.05, 4.69) is 45.8 Å². The van der Waals surface area contributed by atoms with Crippen LogP contribution in [0.2, 0.25) is 0 Å². The number of pyridine rings is 1. The van der Waals surface area contributed by atoms with Gasteiger partial charge in [-0.2, -0.15) is 0 Å².